The van der Waals surface area contributed by atoms with Crippen LogP contribution in [-0.4, -0.2) is 93.0 Å². The first kappa shape index (κ1) is 26.0. The van der Waals surface area contributed by atoms with Crippen molar-refractivity contribution in [1.29, 1.82) is 0 Å². The molecule has 5 rings (SSSR count). The first-order valence-electron chi connectivity index (χ1n) is 12.5. The number of fused-ring (bicyclic) bond motifs is 1. The number of rotatable bonds is 7. The summed E-state index contributed by atoms with van der Waals surface area (Å²) >= 11 is 1.73. The van der Waals surface area contributed by atoms with E-state index in [1.54, 1.807) is 15.6 Å². The average Bonchev–Trinajstić information content (AvgIpc) is 3.12. The normalized spacial score (nSPS) is 18.2. The monoisotopic (exact) mass is 543 g/mol. The summed E-state index contributed by atoms with van der Waals surface area (Å²) in [6.07, 6.45) is 2.11. The number of nitrogens with zero attached hydrogens (tertiary/aromatic N) is 6. The van der Waals surface area contributed by atoms with Gasteiger partial charge in [-0.2, -0.15) is 5.10 Å². The Hall–Kier alpha value is -2.64. The maximum Gasteiger partial charge on any atom is 0.211 e. The lowest BCUT2D eigenvalue weighted by molar-refractivity contribution is 0.122. The van der Waals surface area contributed by atoms with Crippen LogP contribution in [-0.2, 0) is 21.3 Å². The molecule has 2 saturated heterocycles. The van der Waals surface area contributed by atoms with Crippen LogP contribution in [0.15, 0.2) is 29.4 Å². The van der Waals surface area contributed by atoms with Crippen molar-refractivity contribution >= 4 is 49.8 Å². The Balaban J connectivity index is 1.49. The first-order valence-corrected chi connectivity index (χ1v) is 15.1. The van der Waals surface area contributed by atoms with E-state index in [2.05, 4.69) is 33.1 Å². The number of hydrazone groups is 1. The average molecular weight is 544 g/mol. The summed E-state index contributed by atoms with van der Waals surface area (Å²) in [5.74, 6) is 1.63. The largest absolute Gasteiger partial charge is 0.378 e. The Morgan fingerprint density at radius 1 is 1.14 bits per heavy atom. The number of sulfonamides is 1. The van der Waals surface area contributed by atoms with Crippen molar-refractivity contribution in [3.8, 4) is 11.4 Å². The zero-order chi connectivity index (χ0) is 26.0. The molecule has 0 bridgehead atoms. The number of hydrogen-bond donors (Lipinski definition) is 1. The number of anilines is 2. The van der Waals surface area contributed by atoms with Gasteiger partial charge in [0.1, 0.15) is 0 Å². The summed E-state index contributed by atoms with van der Waals surface area (Å²) < 4.78 is 32.3. The van der Waals surface area contributed by atoms with Crippen LogP contribution in [0.5, 0.6) is 0 Å². The molecule has 2 fully saturated rings. The predicted molar refractivity (Wildman–Crippen MR) is 150 cm³/mol. The molecule has 10 nitrogen and oxygen atoms in total. The minimum Gasteiger partial charge on any atom is -0.378 e. The zero-order valence-electron chi connectivity index (χ0n) is 21.3. The number of aromatic nitrogens is 2. The van der Waals surface area contributed by atoms with Gasteiger partial charge in [-0.1, -0.05) is 12.1 Å². The van der Waals surface area contributed by atoms with E-state index < -0.39 is 10.0 Å². The smallest absolute Gasteiger partial charge is 0.211 e. The summed E-state index contributed by atoms with van der Waals surface area (Å²) in [6.45, 7) is 11.9. The Morgan fingerprint density at radius 3 is 2.70 bits per heavy atom. The Bertz CT molecular complexity index is 1390. The number of hydrogen-bond acceptors (Lipinski definition) is 10. The van der Waals surface area contributed by atoms with E-state index in [1.165, 1.54) is 11.1 Å². The highest BCUT2D eigenvalue weighted by molar-refractivity contribution is 7.88. The molecule has 0 radical (unpaired) electrons. The molecule has 2 aliphatic rings. The molecule has 0 spiro atoms. The van der Waals surface area contributed by atoms with Crippen molar-refractivity contribution in [2.24, 2.45) is 5.10 Å². The van der Waals surface area contributed by atoms with Crippen LogP contribution in [0.3, 0.4) is 0 Å². The molecule has 37 heavy (non-hydrogen) atoms. The lowest BCUT2D eigenvalue weighted by Gasteiger charge is -2.28. The van der Waals surface area contributed by atoms with Gasteiger partial charge in [0.15, 0.2) is 11.6 Å². The quantitative estimate of drug-likeness (QED) is 0.358. The third-order valence-corrected chi connectivity index (χ3v) is 9.29. The van der Waals surface area contributed by atoms with Crippen molar-refractivity contribution < 1.29 is 13.2 Å². The van der Waals surface area contributed by atoms with E-state index in [-0.39, 0.29) is 0 Å². The Morgan fingerprint density at radius 2 is 1.95 bits per heavy atom. The number of ether oxygens (including phenoxy) is 1. The standard InChI is InChI=1S/C25H33N7O3S2/c1-18-20(6-4-7-21(18)29-26-2)24-27-22-16-19(17-30-8-5-9-32(11-10-30)37(3,33)34)36-23(22)25(28-24)31-12-14-35-15-13-31/h4,6-7,16,29H,2,5,8-15,17H2,1,3H3. The van der Waals surface area contributed by atoms with Crippen molar-refractivity contribution in [2.45, 2.75) is 19.9 Å². The van der Waals surface area contributed by atoms with Gasteiger partial charge in [0.25, 0.3) is 0 Å². The molecule has 1 N–H and O–H groups in total. The molecular formula is C25H33N7O3S2. The Kier molecular flexibility index (Phi) is 7.72. The first-order chi connectivity index (χ1) is 17.8. The second-order valence-electron chi connectivity index (χ2n) is 9.44. The molecule has 0 aliphatic carbocycles. The molecule has 198 valence electrons. The summed E-state index contributed by atoms with van der Waals surface area (Å²) in [5.41, 5.74) is 6.72. The van der Waals surface area contributed by atoms with Crippen molar-refractivity contribution in [3.05, 3.63) is 34.7 Å². The summed E-state index contributed by atoms with van der Waals surface area (Å²) in [7, 11) is -3.16. The van der Waals surface area contributed by atoms with Crippen LogP contribution >= 0.6 is 11.3 Å². The van der Waals surface area contributed by atoms with Gasteiger partial charge in [0.2, 0.25) is 10.0 Å². The third kappa shape index (κ3) is 5.78. The van der Waals surface area contributed by atoms with Gasteiger partial charge >= 0.3 is 0 Å². The predicted octanol–water partition coefficient (Wildman–Crippen LogP) is 3.00. The number of nitrogens with one attached hydrogen (secondary N) is 1. The van der Waals surface area contributed by atoms with Crippen LogP contribution < -0.4 is 10.3 Å². The van der Waals surface area contributed by atoms with Crippen molar-refractivity contribution in [3.63, 3.8) is 0 Å². The lowest BCUT2D eigenvalue weighted by atomic mass is 10.1. The highest BCUT2D eigenvalue weighted by Crippen LogP contribution is 2.36. The molecule has 0 saturated carbocycles. The van der Waals surface area contributed by atoms with E-state index in [0.29, 0.717) is 38.7 Å². The fourth-order valence-corrected chi connectivity index (χ4v) is 6.92. The number of thiophene rings is 1. The van der Waals surface area contributed by atoms with Crippen LogP contribution in [0, 0.1) is 6.92 Å². The number of benzene rings is 1. The van der Waals surface area contributed by atoms with Crippen LogP contribution in [0.2, 0.25) is 0 Å². The molecule has 0 unspecified atom stereocenters. The van der Waals surface area contributed by atoms with Gasteiger partial charge in [-0.3, -0.25) is 10.3 Å². The topological polar surface area (TPSA) is 103 Å². The second kappa shape index (κ2) is 11.0. The fourth-order valence-electron chi connectivity index (χ4n) is 4.89. The molecule has 1 aromatic carbocycles. The summed E-state index contributed by atoms with van der Waals surface area (Å²) in [6, 6.07) is 8.13. The lowest BCUT2D eigenvalue weighted by Crippen LogP contribution is -2.36. The van der Waals surface area contributed by atoms with Crippen LogP contribution in [0.1, 0.15) is 16.9 Å². The van der Waals surface area contributed by atoms with Gasteiger partial charge in [0.05, 0.1) is 35.4 Å². The highest BCUT2D eigenvalue weighted by Gasteiger charge is 2.24. The van der Waals surface area contributed by atoms with E-state index in [4.69, 9.17) is 14.7 Å². The maximum absolute atomic E-state index is 12.0. The third-order valence-electron chi connectivity index (χ3n) is 6.89. The van der Waals surface area contributed by atoms with E-state index in [9.17, 15) is 8.42 Å². The second-order valence-corrected chi connectivity index (χ2v) is 12.6. The molecule has 0 amide bonds. The Labute approximate surface area is 222 Å². The van der Waals surface area contributed by atoms with Gasteiger partial charge in [-0.25, -0.2) is 22.7 Å². The zero-order valence-corrected chi connectivity index (χ0v) is 22.9. The molecule has 2 aliphatic heterocycles. The van der Waals surface area contributed by atoms with Gasteiger partial charge in [-0.15, -0.1) is 11.3 Å². The molecule has 3 aromatic rings. The minimum absolute atomic E-state index is 0.524. The molecule has 4 heterocycles. The van der Waals surface area contributed by atoms with Crippen molar-refractivity contribution in [2.75, 3.05) is 69.1 Å². The molecule has 2 aromatic heterocycles. The highest BCUT2D eigenvalue weighted by atomic mass is 32.2. The van der Waals surface area contributed by atoms with E-state index in [1.807, 2.05) is 25.1 Å². The van der Waals surface area contributed by atoms with E-state index >= 15 is 0 Å². The number of morpholine rings is 1. The van der Waals surface area contributed by atoms with Crippen molar-refractivity contribution in [1.82, 2.24) is 19.2 Å². The van der Waals surface area contributed by atoms with Crippen LogP contribution in [0.4, 0.5) is 11.5 Å². The molecular weight excluding hydrogens is 510 g/mol. The summed E-state index contributed by atoms with van der Waals surface area (Å²) in [4.78, 5) is 15.9. The van der Waals surface area contributed by atoms with Gasteiger partial charge < -0.3 is 9.64 Å². The SMILES string of the molecule is C=NNc1cccc(-c2nc(N3CCOCC3)c3sc(CN4CCCN(S(C)(=O)=O)CC4)cc3n2)c1C. The molecule has 0 atom stereocenters. The van der Waals surface area contributed by atoms with Gasteiger partial charge in [-0.05, 0) is 37.6 Å². The van der Waals surface area contributed by atoms with E-state index in [0.717, 1.165) is 65.4 Å². The van der Waals surface area contributed by atoms with Gasteiger partial charge in [0, 0.05) is 56.4 Å². The molecule has 12 heteroatoms. The van der Waals surface area contributed by atoms with Crippen LogP contribution in [0.25, 0.3) is 21.6 Å². The fraction of sp³-hybridized carbons (Fsp3) is 0.480. The minimum atomic E-state index is -3.16. The summed E-state index contributed by atoms with van der Waals surface area (Å²) in [5, 5.41) is 3.82. The maximum atomic E-state index is 12.0.